The summed E-state index contributed by atoms with van der Waals surface area (Å²) in [5.74, 6) is -1.15. The molecule has 2 aliphatic rings. The molecule has 1 saturated heterocycles. The van der Waals surface area contributed by atoms with E-state index in [2.05, 4.69) is 5.32 Å². The maximum Gasteiger partial charge on any atom is 0.291 e. The Labute approximate surface area is 185 Å². The van der Waals surface area contributed by atoms with Gasteiger partial charge in [-0.05, 0) is 30.5 Å². The topological polar surface area (TPSA) is 106 Å². The van der Waals surface area contributed by atoms with Crippen molar-refractivity contribution in [3.8, 4) is 0 Å². The number of nitrogens with one attached hydrogen (secondary N) is 1. The predicted molar refractivity (Wildman–Crippen MR) is 114 cm³/mol. The van der Waals surface area contributed by atoms with E-state index < -0.39 is 26.6 Å². The summed E-state index contributed by atoms with van der Waals surface area (Å²) in [6.07, 6.45) is 0.892. The Morgan fingerprint density at radius 1 is 1.19 bits per heavy atom. The minimum absolute atomic E-state index is 0.0111. The van der Waals surface area contributed by atoms with E-state index >= 15 is 0 Å². The number of benzene rings is 1. The molecule has 0 spiro atoms. The van der Waals surface area contributed by atoms with Crippen molar-refractivity contribution in [2.24, 2.45) is 5.41 Å². The van der Waals surface area contributed by atoms with Crippen LogP contribution in [-0.2, 0) is 21.2 Å². The number of sulfonamides is 1. The van der Waals surface area contributed by atoms with Gasteiger partial charge in [-0.15, -0.1) is 0 Å². The Bertz CT molecular complexity index is 1200. The normalized spacial score (nSPS) is 18.9. The summed E-state index contributed by atoms with van der Waals surface area (Å²) in [5.41, 5.74) is 0.719. The quantitative estimate of drug-likeness (QED) is 0.745. The zero-order chi connectivity index (χ0) is 23.3. The molecule has 172 valence electrons. The molecular weight excluding hydrogens is 439 g/mol. The van der Waals surface area contributed by atoms with Gasteiger partial charge < -0.3 is 14.5 Å². The van der Waals surface area contributed by atoms with Gasteiger partial charge in [-0.1, -0.05) is 13.8 Å². The van der Waals surface area contributed by atoms with Gasteiger partial charge >= 0.3 is 0 Å². The summed E-state index contributed by atoms with van der Waals surface area (Å²) in [5, 5.41) is 2.57. The highest BCUT2D eigenvalue weighted by atomic mass is 32.2. The van der Waals surface area contributed by atoms with Gasteiger partial charge in [0.2, 0.25) is 10.0 Å². The van der Waals surface area contributed by atoms with Crippen LogP contribution in [0, 0.1) is 18.2 Å². The summed E-state index contributed by atoms with van der Waals surface area (Å²) in [4.78, 5) is 24.9. The number of amides is 1. The summed E-state index contributed by atoms with van der Waals surface area (Å²) in [6.45, 7) is 6.28. The fraction of sp³-hybridized carbons (Fsp3) is 0.455. The van der Waals surface area contributed by atoms with E-state index in [4.69, 9.17) is 9.15 Å². The van der Waals surface area contributed by atoms with Gasteiger partial charge in [-0.3, -0.25) is 9.59 Å². The number of carbonyl (C=O) groups excluding carboxylic acids is 2. The van der Waals surface area contributed by atoms with E-state index in [-0.39, 0.29) is 48.9 Å². The van der Waals surface area contributed by atoms with Crippen LogP contribution in [0.5, 0.6) is 0 Å². The lowest BCUT2D eigenvalue weighted by molar-refractivity contribution is 0.0729. The Morgan fingerprint density at radius 3 is 2.56 bits per heavy atom. The molecule has 1 aromatic carbocycles. The van der Waals surface area contributed by atoms with Crippen LogP contribution in [0.2, 0.25) is 0 Å². The number of ketones is 1. The number of furan rings is 1. The molecule has 2 aromatic rings. The Kier molecular flexibility index (Phi) is 5.72. The average molecular weight is 465 g/mol. The van der Waals surface area contributed by atoms with E-state index in [0.29, 0.717) is 29.7 Å². The molecule has 1 aromatic heterocycles. The van der Waals surface area contributed by atoms with Crippen molar-refractivity contribution < 1.29 is 31.6 Å². The number of hydrogen-bond acceptors (Lipinski definition) is 6. The monoisotopic (exact) mass is 464 g/mol. The molecule has 2 heterocycles. The molecule has 0 bridgehead atoms. The number of carbonyl (C=O) groups is 2. The zero-order valence-electron chi connectivity index (χ0n) is 18.2. The molecule has 8 nitrogen and oxygen atoms in total. The number of fused-ring (bicyclic) bond motifs is 1. The van der Waals surface area contributed by atoms with Gasteiger partial charge in [0.25, 0.3) is 5.91 Å². The van der Waals surface area contributed by atoms with Crippen molar-refractivity contribution >= 4 is 27.4 Å². The zero-order valence-corrected chi connectivity index (χ0v) is 19.0. The molecule has 10 heteroatoms. The maximum atomic E-state index is 14.4. The largest absolute Gasteiger partial charge is 0.455 e. The molecule has 1 N–H and O–H groups in total. The third-order valence-electron chi connectivity index (χ3n) is 5.76. The number of nitrogens with zero attached hydrogens (tertiary/aromatic N) is 1. The lowest BCUT2D eigenvalue weighted by Gasteiger charge is -2.27. The Hall–Kier alpha value is -2.56. The standard InChI is InChI=1S/C22H25FN2O6S/c1-13-19-16(26)11-22(2,3)12-17(19)31-20(13)21(27)24-14-4-5-15(23)18(10-14)32(28,29)25-6-8-30-9-7-25/h4-5,10H,6-9,11-12H2,1-3H3,(H,24,27). The first kappa shape index (κ1) is 22.6. The first-order chi connectivity index (χ1) is 15.0. The van der Waals surface area contributed by atoms with E-state index in [0.717, 1.165) is 16.4 Å². The van der Waals surface area contributed by atoms with Gasteiger partial charge in [-0.2, -0.15) is 4.31 Å². The molecule has 32 heavy (non-hydrogen) atoms. The molecule has 1 amide bonds. The minimum Gasteiger partial charge on any atom is -0.455 e. The highest BCUT2D eigenvalue weighted by Crippen LogP contribution is 2.38. The van der Waals surface area contributed by atoms with Crippen LogP contribution in [0.15, 0.2) is 27.5 Å². The second kappa shape index (κ2) is 8.09. The number of ether oxygens (including phenoxy) is 1. The van der Waals surface area contributed by atoms with E-state index in [1.165, 1.54) is 6.07 Å². The van der Waals surface area contributed by atoms with E-state index in [1.807, 2.05) is 13.8 Å². The fourth-order valence-electron chi connectivity index (χ4n) is 4.19. The molecule has 1 fully saturated rings. The summed E-state index contributed by atoms with van der Waals surface area (Å²) in [6, 6.07) is 3.36. The van der Waals surface area contributed by atoms with Crippen LogP contribution >= 0.6 is 0 Å². The van der Waals surface area contributed by atoms with Crippen LogP contribution in [0.3, 0.4) is 0 Å². The fourth-order valence-corrected chi connectivity index (χ4v) is 5.69. The second-order valence-electron chi connectivity index (χ2n) is 8.91. The number of morpholine rings is 1. The van der Waals surface area contributed by atoms with Gasteiger partial charge in [0.1, 0.15) is 16.5 Å². The molecule has 1 aliphatic heterocycles. The average Bonchev–Trinajstić information content (AvgIpc) is 3.05. The first-order valence-corrected chi connectivity index (χ1v) is 11.8. The van der Waals surface area contributed by atoms with Crippen LogP contribution in [-0.4, -0.2) is 50.7 Å². The minimum atomic E-state index is -4.09. The lowest BCUT2D eigenvalue weighted by Crippen LogP contribution is -2.40. The third kappa shape index (κ3) is 4.10. The molecule has 0 unspecified atom stereocenters. The lowest BCUT2D eigenvalue weighted by atomic mass is 9.76. The number of Topliss-reactive ketones (excluding diaryl/α,β-unsaturated/α-hetero) is 1. The Morgan fingerprint density at radius 2 is 1.88 bits per heavy atom. The SMILES string of the molecule is Cc1c(C(=O)Nc2ccc(F)c(S(=O)(=O)N3CCOCC3)c2)oc2c1C(=O)CC(C)(C)C2. The maximum absolute atomic E-state index is 14.4. The van der Waals surface area contributed by atoms with Crippen molar-refractivity contribution in [3.63, 3.8) is 0 Å². The smallest absolute Gasteiger partial charge is 0.291 e. The van der Waals surface area contributed by atoms with Gasteiger partial charge in [0.05, 0.1) is 18.8 Å². The third-order valence-corrected chi connectivity index (χ3v) is 7.67. The van der Waals surface area contributed by atoms with Crippen LogP contribution in [0.1, 0.15) is 52.5 Å². The van der Waals surface area contributed by atoms with Gasteiger partial charge in [-0.25, -0.2) is 12.8 Å². The van der Waals surface area contributed by atoms with Crippen molar-refractivity contribution in [3.05, 3.63) is 46.7 Å². The molecule has 0 radical (unpaired) electrons. The predicted octanol–water partition coefficient (Wildman–Crippen LogP) is 3.16. The summed E-state index contributed by atoms with van der Waals surface area (Å²) >= 11 is 0. The van der Waals surface area contributed by atoms with Crippen molar-refractivity contribution in [1.82, 2.24) is 4.31 Å². The summed E-state index contributed by atoms with van der Waals surface area (Å²) in [7, 11) is -4.09. The van der Waals surface area contributed by atoms with E-state index in [9.17, 15) is 22.4 Å². The second-order valence-corrected chi connectivity index (χ2v) is 10.8. The van der Waals surface area contributed by atoms with Gasteiger partial charge in [0, 0.05) is 37.2 Å². The molecule has 4 rings (SSSR count). The van der Waals surface area contributed by atoms with Crippen LogP contribution in [0.25, 0.3) is 0 Å². The van der Waals surface area contributed by atoms with Crippen LogP contribution < -0.4 is 5.32 Å². The first-order valence-electron chi connectivity index (χ1n) is 10.3. The van der Waals surface area contributed by atoms with Crippen molar-refractivity contribution in [2.45, 2.75) is 38.5 Å². The van der Waals surface area contributed by atoms with Crippen molar-refractivity contribution in [1.29, 1.82) is 0 Å². The number of halogens is 1. The van der Waals surface area contributed by atoms with Crippen molar-refractivity contribution in [2.75, 3.05) is 31.6 Å². The molecule has 0 atom stereocenters. The molecule has 1 aliphatic carbocycles. The summed E-state index contributed by atoms with van der Waals surface area (Å²) < 4.78 is 52.2. The highest BCUT2D eigenvalue weighted by Gasteiger charge is 2.37. The number of anilines is 1. The highest BCUT2D eigenvalue weighted by molar-refractivity contribution is 7.89. The number of rotatable bonds is 4. The van der Waals surface area contributed by atoms with E-state index in [1.54, 1.807) is 6.92 Å². The molecular formula is C22H25FN2O6S. The Balaban J connectivity index is 1.61. The van der Waals surface area contributed by atoms with Crippen LogP contribution in [0.4, 0.5) is 10.1 Å². The number of hydrogen-bond donors (Lipinski definition) is 1. The molecule has 0 saturated carbocycles. The van der Waals surface area contributed by atoms with Gasteiger partial charge in [0.15, 0.2) is 11.5 Å².